The van der Waals surface area contributed by atoms with E-state index in [2.05, 4.69) is 0 Å². The maximum absolute atomic E-state index is 10.5. The molecular formula is C9H8Cl2O3. The minimum atomic E-state index is -1.07. The second-order valence-corrected chi connectivity index (χ2v) is 3.46. The molecule has 3 nitrogen and oxygen atoms in total. The highest BCUT2D eigenvalue weighted by Gasteiger charge is 2.16. The van der Waals surface area contributed by atoms with Crippen LogP contribution in [0.15, 0.2) is 18.2 Å². The number of benzene rings is 1. The van der Waals surface area contributed by atoms with Crippen molar-refractivity contribution in [1.29, 1.82) is 0 Å². The highest BCUT2D eigenvalue weighted by Crippen LogP contribution is 2.32. The third-order valence-corrected chi connectivity index (χ3v) is 2.16. The summed E-state index contributed by atoms with van der Waals surface area (Å²) in [6.07, 6.45) is -0.979. The smallest absolute Gasteiger partial charge is 0.344 e. The quantitative estimate of drug-likeness (QED) is 0.876. The number of carbonyl (C=O) groups is 1. The van der Waals surface area contributed by atoms with Crippen LogP contribution in [0.1, 0.15) is 6.92 Å². The van der Waals surface area contributed by atoms with Crippen molar-refractivity contribution in [2.45, 2.75) is 13.0 Å². The van der Waals surface area contributed by atoms with Crippen LogP contribution in [0.5, 0.6) is 5.75 Å². The summed E-state index contributed by atoms with van der Waals surface area (Å²) in [6, 6.07) is 4.82. The summed E-state index contributed by atoms with van der Waals surface area (Å²) in [5.74, 6) is -0.869. The van der Waals surface area contributed by atoms with E-state index in [1.807, 2.05) is 0 Å². The van der Waals surface area contributed by atoms with Gasteiger partial charge in [0.1, 0.15) is 0 Å². The summed E-state index contributed by atoms with van der Waals surface area (Å²) >= 11 is 11.6. The normalized spacial score (nSPS) is 12.2. The van der Waals surface area contributed by atoms with Gasteiger partial charge in [-0.2, -0.15) is 0 Å². The average molecular weight is 235 g/mol. The Labute approximate surface area is 91.2 Å². The Kier molecular flexibility index (Phi) is 3.61. The van der Waals surface area contributed by atoms with Gasteiger partial charge in [-0.3, -0.25) is 0 Å². The van der Waals surface area contributed by atoms with Crippen molar-refractivity contribution in [3.8, 4) is 5.75 Å². The van der Waals surface area contributed by atoms with Crippen molar-refractivity contribution >= 4 is 29.2 Å². The first-order valence-corrected chi connectivity index (χ1v) is 4.61. The lowest BCUT2D eigenvalue weighted by Gasteiger charge is -2.12. The van der Waals surface area contributed by atoms with E-state index >= 15 is 0 Å². The fourth-order valence-electron chi connectivity index (χ4n) is 0.822. The van der Waals surface area contributed by atoms with E-state index in [0.717, 1.165) is 0 Å². The summed E-state index contributed by atoms with van der Waals surface area (Å²) in [6.45, 7) is 1.40. The summed E-state index contributed by atoms with van der Waals surface area (Å²) in [4.78, 5) is 10.5. The Balaban J connectivity index is 2.91. The van der Waals surface area contributed by atoms with Gasteiger partial charge in [-0.1, -0.05) is 29.3 Å². The van der Waals surface area contributed by atoms with E-state index in [4.69, 9.17) is 33.0 Å². The number of ether oxygens (including phenoxy) is 1. The first-order chi connectivity index (χ1) is 6.52. The molecule has 0 radical (unpaired) electrons. The molecule has 0 heterocycles. The predicted octanol–water partition coefficient (Wildman–Crippen LogP) is 2.85. The van der Waals surface area contributed by atoms with Crippen LogP contribution in [0.4, 0.5) is 0 Å². The van der Waals surface area contributed by atoms with Gasteiger partial charge in [-0.15, -0.1) is 0 Å². The van der Waals surface area contributed by atoms with E-state index in [-0.39, 0.29) is 5.75 Å². The zero-order chi connectivity index (χ0) is 10.7. The van der Waals surface area contributed by atoms with E-state index in [9.17, 15) is 4.79 Å². The van der Waals surface area contributed by atoms with Crippen LogP contribution >= 0.6 is 23.2 Å². The molecule has 0 saturated heterocycles. The third kappa shape index (κ3) is 2.53. The zero-order valence-electron chi connectivity index (χ0n) is 7.33. The van der Waals surface area contributed by atoms with Crippen LogP contribution in [0.2, 0.25) is 10.0 Å². The fraction of sp³-hybridized carbons (Fsp3) is 0.222. The van der Waals surface area contributed by atoms with Crippen molar-refractivity contribution in [3.05, 3.63) is 28.2 Å². The van der Waals surface area contributed by atoms with Crippen molar-refractivity contribution < 1.29 is 14.6 Å². The Morgan fingerprint density at radius 2 is 1.93 bits per heavy atom. The average Bonchev–Trinajstić information content (AvgIpc) is 2.11. The van der Waals surface area contributed by atoms with Crippen LogP contribution in [0, 0.1) is 0 Å². The Morgan fingerprint density at radius 1 is 1.43 bits per heavy atom. The largest absolute Gasteiger partial charge is 0.479 e. The van der Waals surface area contributed by atoms with E-state index < -0.39 is 12.1 Å². The molecule has 0 aliphatic carbocycles. The molecule has 1 aromatic carbocycles. The highest BCUT2D eigenvalue weighted by atomic mass is 35.5. The molecule has 0 bridgehead atoms. The number of halogens is 2. The standard InChI is InChI=1S/C9H8Cl2O3/c1-5(9(12)13)14-8-6(10)3-2-4-7(8)11/h2-5H,1H3,(H,12,13)/t5-/m0/s1. The van der Waals surface area contributed by atoms with Crippen molar-refractivity contribution in [2.75, 3.05) is 0 Å². The topological polar surface area (TPSA) is 46.5 Å². The number of hydrogen-bond acceptors (Lipinski definition) is 2. The van der Waals surface area contributed by atoms with Gasteiger partial charge in [0.2, 0.25) is 0 Å². The molecule has 14 heavy (non-hydrogen) atoms. The lowest BCUT2D eigenvalue weighted by Crippen LogP contribution is -2.23. The van der Waals surface area contributed by atoms with Gasteiger partial charge in [0.15, 0.2) is 11.9 Å². The molecule has 0 aliphatic rings. The number of hydrogen-bond donors (Lipinski definition) is 1. The molecule has 1 N–H and O–H groups in total. The number of rotatable bonds is 3. The highest BCUT2D eigenvalue weighted by molar-refractivity contribution is 6.37. The van der Waals surface area contributed by atoms with Gasteiger partial charge in [-0.25, -0.2) is 4.79 Å². The molecule has 5 heteroatoms. The molecular weight excluding hydrogens is 227 g/mol. The van der Waals surface area contributed by atoms with Crippen LogP contribution < -0.4 is 4.74 Å². The summed E-state index contributed by atoms with van der Waals surface area (Å²) in [5, 5.41) is 9.21. The predicted molar refractivity (Wildman–Crippen MR) is 54.2 cm³/mol. The first kappa shape index (κ1) is 11.1. The second kappa shape index (κ2) is 4.53. The minimum absolute atomic E-state index is 0.200. The molecule has 0 aromatic heterocycles. The van der Waals surface area contributed by atoms with Crippen molar-refractivity contribution in [2.24, 2.45) is 0 Å². The fourth-order valence-corrected chi connectivity index (χ4v) is 1.31. The maximum atomic E-state index is 10.5. The maximum Gasteiger partial charge on any atom is 0.344 e. The summed E-state index contributed by atoms with van der Waals surface area (Å²) < 4.78 is 5.07. The summed E-state index contributed by atoms with van der Waals surface area (Å²) in [7, 11) is 0. The molecule has 0 amide bonds. The Morgan fingerprint density at radius 3 is 2.36 bits per heavy atom. The molecule has 0 unspecified atom stereocenters. The van der Waals surface area contributed by atoms with Crippen LogP contribution in [-0.2, 0) is 4.79 Å². The number of carboxylic acid groups (broad SMARTS) is 1. The van der Waals surface area contributed by atoms with E-state index in [0.29, 0.717) is 10.0 Å². The molecule has 1 rings (SSSR count). The van der Waals surface area contributed by atoms with Gasteiger partial charge in [0, 0.05) is 0 Å². The number of carboxylic acids is 1. The Bertz CT molecular complexity index is 332. The Hall–Kier alpha value is -0.930. The van der Waals surface area contributed by atoms with Crippen molar-refractivity contribution in [1.82, 2.24) is 0 Å². The van der Waals surface area contributed by atoms with E-state index in [1.165, 1.54) is 6.92 Å². The van der Waals surface area contributed by atoms with Gasteiger partial charge < -0.3 is 9.84 Å². The number of para-hydroxylation sites is 1. The van der Waals surface area contributed by atoms with E-state index in [1.54, 1.807) is 18.2 Å². The minimum Gasteiger partial charge on any atom is -0.479 e. The van der Waals surface area contributed by atoms with Crippen LogP contribution in [0.25, 0.3) is 0 Å². The SMILES string of the molecule is C[C@H](Oc1c(Cl)cccc1Cl)C(=O)O. The van der Waals surface area contributed by atoms with Crippen molar-refractivity contribution in [3.63, 3.8) is 0 Å². The lowest BCUT2D eigenvalue weighted by molar-refractivity contribution is -0.144. The van der Waals surface area contributed by atoms with Gasteiger partial charge in [0.05, 0.1) is 10.0 Å². The molecule has 0 fully saturated rings. The van der Waals surface area contributed by atoms with Gasteiger partial charge >= 0.3 is 5.97 Å². The van der Waals surface area contributed by atoms with Crippen LogP contribution in [-0.4, -0.2) is 17.2 Å². The molecule has 76 valence electrons. The summed E-state index contributed by atoms with van der Waals surface area (Å²) in [5.41, 5.74) is 0. The molecule has 1 atom stereocenters. The molecule has 0 saturated carbocycles. The van der Waals surface area contributed by atoms with Crippen LogP contribution in [0.3, 0.4) is 0 Å². The van der Waals surface area contributed by atoms with Gasteiger partial charge in [-0.05, 0) is 19.1 Å². The molecule has 1 aromatic rings. The zero-order valence-corrected chi connectivity index (χ0v) is 8.84. The lowest BCUT2D eigenvalue weighted by atomic mass is 10.3. The first-order valence-electron chi connectivity index (χ1n) is 3.86. The molecule has 0 aliphatic heterocycles. The monoisotopic (exact) mass is 234 g/mol. The van der Waals surface area contributed by atoms with Gasteiger partial charge in [0.25, 0.3) is 0 Å². The number of aliphatic carboxylic acids is 1. The molecule has 0 spiro atoms. The third-order valence-electron chi connectivity index (χ3n) is 1.56. The second-order valence-electron chi connectivity index (χ2n) is 2.65.